The van der Waals surface area contributed by atoms with Gasteiger partial charge in [0.1, 0.15) is 0 Å². The lowest BCUT2D eigenvalue weighted by Crippen LogP contribution is -2.51. The SMILES string of the molecule is CC(C)CCN(CCC(C)C)S(=O)(=O)N1CCCC(C(=O)NCCN)C1.Cl. The summed E-state index contributed by atoms with van der Waals surface area (Å²) in [6.45, 7) is 11.0. The van der Waals surface area contributed by atoms with E-state index in [4.69, 9.17) is 5.73 Å². The van der Waals surface area contributed by atoms with Crippen molar-refractivity contribution in [2.24, 2.45) is 23.5 Å². The van der Waals surface area contributed by atoms with E-state index < -0.39 is 10.2 Å². The van der Waals surface area contributed by atoms with Gasteiger partial charge < -0.3 is 11.1 Å². The molecule has 1 amide bonds. The molecule has 162 valence electrons. The molecule has 1 aliphatic heterocycles. The van der Waals surface area contributed by atoms with E-state index in [2.05, 4.69) is 33.0 Å². The van der Waals surface area contributed by atoms with Crippen LogP contribution in [0.2, 0.25) is 0 Å². The van der Waals surface area contributed by atoms with Gasteiger partial charge in [-0.05, 0) is 37.5 Å². The molecule has 1 aliphatic rings. The second-order valence-electron chi connectivity index (χ2n) is 8.05. The number of hydrogen-bond acceptors (Lipinski definition) is 4. The zero-order valence-electron chi connectivity index (χ0n) is 17.3. The van der Waals surface area contributed by atoms with Crippen LogP contribution in [0.5, 0.6) is 0 Å². The van der Waals surface area contributed by atoms with Crippen molar-refractivity contribution in [3.05, 3.63) is 0 Å². The van der Waals surface area contributed by atoms with E-state index in [9.17, 15) is 13.2 Å². The summed E-state index contributed by atoms with van der Waals surface area (Å²) in [5.41, 5.74) is 5.43. The molecule has 0 bridgehead atoms. The Bertz CT molecular complexity index is 517. The number of hydrogen-bond donors (Lipinski definition) is 2. The van der Waals surface area contributed by atoms with Crippen LogP contribution in [0.25, 0.3) is 0 Å². The van der Waals surface area contributed by atoms with Gasteiger partial charge in [0.25, 0.3) is 10.2 Å². The lowest BCUT2D eigenvalue weighted by Gasteiger charge is -2.35. The first-order chi connectivity index (χ1) is 12.2. The molecule has 27 heavy (non-hydrogen) atoms. The average molecular weight is 427 g/mol. The van der Waals surface area contributed by atoms with Crippen LogP contribution in [0.1, 0.15) is 53.4 Å². The van der Waals surface area contributed by atoms with Crippen molar-refractivity contribution in [2.45, 2.75) is 53.4 Å². The van der Waals surface area contributed by atoms with Crippen LogP contribution < -0.4 is 11.1 Å². The predicted molar refractivity (Wildman–Crippen MR) is 113 cm³/mol. The predicted octanol–water partition coefficient (Wildman–Crippen LogP) is 1.83. The molecule has 7 nitrogen and oxygen atoms in total. The molecule has 0 aromatic rings. The first-order valence-electron chi connectivity index (χ1n) is 9.91. The van der Waals surface area contributed by atoms with E-state index in [0.29, 0.717) is 51.0 Å². The van der Waals surface area contributed by atoms with Gasteiger partial charge in [-0.25, -0.2) is 0 Å². The highest BCUT2D eigenvalue weighted by Gasteiger charge is 2.35. The minimum absolute atomic E-state index is 0. The van der Waals surface area contributed by atoms with Crippen LogP contribution >= 0.6 is 12.4 Å². The van der Waals surface area contributed by atoms with Crippen LogP contribution in [0, 0.1) is 17.8 Å². The Balaban J connectivity index is 0.00000676. The highest BCUT2D eigenvalue weighted by molar-refractivity contribution is 7.86. The summed E-state index contributed by atoms with van der Waals surface area (Å²) in [6.07, 6.45) is 3.11. The summed E-state index contributed by atoms with van der Waals surface area (Å²) in [5.74, 6) is 0.513. The lowest BCUT2D eigenvalue weighted by atomic mass is 9.99. The summed E-state index contributed by atoms with van der Waals surface area (Å²) in [4.78, 5) is 12.2. The standard InChI is InChI=1S/C18H38N4O3S.ClH/c1-15(2)7-12-21(13-8-16(3)4)26(24,25)22-11-5-6-17(14-22)18(23)20-10-9-19;/h15-17H,5-14,19H2,1-4H3,(H,20,23);1H. The minimum Gasteiger partial charge on any atom is -0.355 e. The fourth-order valence-electron chi connectivity index (χ4n) is 3.02. The second-order valence-corrected chi connectivity index (χ2v) is 9.98. The first-order valence-corrected chi connectivity index (χ1v) is 11.3. The summed E-state index contributed by atoms with van der Waals surface area (Å²) in [5, 5.41) is 2.78. The Labute approximate surface area is 172 Å². The van der Waals surface area contributed by atoms with Crippen molar-refractivity contribution in [2.75, 3.05) is 39.3 Å². The van der Waals surface area contributed by atoms with Crippen molar-refractivity contribution < 1.29 is 13.2 Å². The summed E-state index contributed by atoms with van der Waals surface area (Å²) < 4.78 is 29.5. The molecule has 0 aromatic carbocycles. The molecule has 1 unspecified atom stereocenters. The van der Waals surface area contributed by atoms with E-state index in [-0.39, 0.29) is 30.8 Å². The van der Waals surface area contributed by atoms with E-state index in [1.54, 1.807) is 4.31 Å². The summed E-state index contributed by atoms with van der Waals surface area (Å²) >= 11 is 0. The van der Waals surface area contributed by atoms with Crippen LogP contribution in [-0.2, 0) is 15.0 Å². The number of nitrogens with two attached hydrogens (primary N) is 1. The lowest BCUT2D eigenvalue weighted by molar-refractivity contribution is -0.126. The Morgan fingerprint density at radius 3 is 2.22 bits per heavy atom. The van der Waals surface area contributed by atoms with Crippen molar-refractivity contribution >= 4 is 28.5 Å². The zero-order chi connectivity index (χ0) is 19.7. The van der Waals surface area contributed by atoms with E-state index in [1.807, 2.05) is 0 Å². The molecule has 0 saturated carbocycles. The highest BCUT2D eigenvalue weighted by Crippen LogP contribution is 2.22. The molecule has 0 aromatic heterocycles. The van der Waals surface area contributed by atoms with Gasteiger partial charge in [-0.2, -0.15) is 17.0 Å². The molecule has 1 heterocycles. The molecule has 1 rings (SSSR count). The number of piperidine rings is 1. The number of rotatable bonds is 11. The van der Waals surface area contributed by atoms with Gasteiger partial charge in [0.05, 0.1) is 5.92 Å². The fraction of sp³-hybridized carbons (Fsp3) is 0.944. The Morgan fingerprint density at radius 2 is 1.74 bits per heavy atom. The van der Waals surface area contributed by atoms with Gasteiger partial charge >= 0.3 is 0 Å². The first kappa shape index (κ1) is 26.6. The van der Waals surface area contributed by atoms with Crippen molar-refractivity contribution in [3.8, 4) is 0 Å². The number of halogens is 1. The second kappa shape index (κ2) is 12.9. The van der Waals surface area contributed by atoms with Crippen molar-refractivity contribution in [1.82, 2.24) is 13.9 Å². The highest BCUT2D eigenvalue weighted by atomic mass is 35.5. The molecule has 0 aliphatic carbocycles. The molecular formula is C18H39ClN4O3S. The fourth-order valence-corrected chi connectivity index (χ4v) is 4.74. The summed E-state index contributed by atoms with van der Waals surface area (Å²) in [6, 6.07) is 0. The Morgan fingerprint density at radius 1 is 1.19 bits per heavy atom. The maximum absolute atomic E-state index is 13.2. The van der Waals surface area contributed by atoms with Gasteiger partial charge in [-0.3, -0.25) is 4.79 Å². The number of carbonyl (C=O) groups excluding carboxylic acids is 1. The van der Waals surface area contributed by atoms with Crippen molar-refractivity contribution in [1.29, 1.82) is 0 Å². The molecule has 9 heteroatoms. The summed E-state index contributed by atoms with van der Waals surface area (Å²) in [7, 11) is -3.54. The van der Waals surface area contributed by atoms with E-state index >= 15 is 0 Å². The number of nitrogens with zero attached hydrogens (tertiary/aromatic N) is 2. The molecule has 1 saturated heterocycles. The normalized spacial score (nSPS) is 18.7. The molecule has 1 atom stereocenters. The molecule has 0 spiro atoms. The third kappa shape index (κ3) is 9.09. The molecule has 1 fully saturated rings. The number of nitrogens with one attached hydrogen (secondary N) is 1. The van der Waals surface area contributed by atoms with E-state index in [1.165, 1.54) is 4.31 Å². The largest absolute Gasteiger partial charge is 0.355 e. The third-order valence-corrected chi connectivity index (χ3v) is 6.76. The molecular weight excluding hydrogens is 388 g/mol. The van der Waals surface area contributed by atoms with Gasteiger partial charge in [0.2, 0.25) is 5.91 Å². The number of amides is 1. The third-order valence-electron chi connectivity index (χ3n) is 4.76. The average Bonchev–Trinajstić information content (AvgIpc) is 2.59. The van der Waals surface area contributed by atoms with Gasteiger partial charge in [0, 0.05) is 39.3 Å². The molecule has 0 radical (unpaired) electrons. The van der Waals surface area contributed by atoms with Gasteiger partial charge in [-0.15, -0.1) is 12.4 Å². The number of carbonyl (C=O) groups is 1. The van der Waals surface area contributed by atoms with Gasteiger partial charge in [-0.1, -0.05) is 27.7 Å². The van der Waals surface area contributed by atoms with Gasteiger partial charge in [0.15, 0.2) is 0 Å². The quantitative estimate of drug-likeness (QED) is 0.526. The zero-order valence-corrected chi connectivity index (χ0v) is 18.9. The minimum atomic E-state index is -3.54. The maximum Gasteiger partial charge on any atom is 0.281 e. The van der Waals surface area contributed by atoms with Crippen LogP contribution in [0.3, 0.4) is 0 Å². The Hall–Kier alpha value is -0.410. The topological polar surface area (TPSA) is 95.7 Å². The smallest absolute Gasteiger partial charge is 0.281 e. The monoisotopic (exact) mass is 426 g/mol. The Kier molecular flexibility index (Phi) is 12.7. The maximum atomic E-state index is 13.2. The van der Waals surface area contributed by atoms with E-state index in [0.717, 1.165) is 19.3 Å². The van der Waals surface area contributed by atoms with Crippen LogP contribution in [0.15, 0.2) is 0 Å². The van der Waals surface area contributed by atoms with Crippen LogP contribution in [-0.4, -0.2) is 62.2 Å². The van der Waals surface area contributed by atoms with Crippen LogP contribution in [0.4, 0.5) is 0 Å². The van der Waals surface area contributed by atoms with Crippen molar-refractivity contribution in [3.63, 3.8) is 0 Å². The molecule has 3 N–H and O–H groups in total.